The van der Waals surface area contributed by atoms with Crippen LogP contribution in [0.2, 0.25) is 0 Å². The van der Waals surface area contributed by atoms with Crippen LogP contribution < -0.4 is 25.6 Å². The smallest absolute Gasteiger partial charge is 0.231 e. The molecule has 1 amide bonds. The zero-order valence-corrected chi connectivity index (χ0v) is 13.3. The highest BCUT2D eigenvalue weighted by Crippen LogP contribution is 2.35. The molecule has 1 aromatic rings. The van der Waals surface area contributed by atoms with E-state index in [-0.39, 0.29) is 30.7 Å². The van der Waals surface area contributed by atoms with Crippen molar-refractivity contribution in [3.05, 3.63) is 23.8 Å². The second-order valence-electron chi connectivity index (χ2n) is 6.69. The van der Waals surface area contributed by atoms with Gasteiger partial charge in [-0.3, -0.25) is 15.6 Å². The summed E-state index contributed by atoms with van der Waals surface area (Å²) in [6.45, 7) is 3.24. The molecule has 1 saturated heterocycles. The monoisotopic (exact) mass is 317 g/mol. The Balaban J connectivity index is 1.43. The topological polar surface area (TPSA) is 71.6 Å². The third-order valence-corrected chi connectivity index (χ3v) is 5.26. The molecule has 124 valence electrons. The van der Waals surface area contributed by atoms with Gasteiger partial charge >= 0.3 is 0 Å². The fraction of sp³-hybridized carbons (Fsp3) is 0.588. The zero-order valence-electron chi connectivity index (χ0n) is 13.3. The molecule has 3 N–H and O–H groups in total. The Morgan fingerprint density at radius 3 is 3.09 bits per heavy atom. The van der Waals surface area contributed by atoms with Crippen molar-refractivity contribution in [3.8, 4) is 11.5 Å². The average Bonchev–Trinajstić information content (AvgIpc) is 3.22. The number of rotatable bonds is 3. The molecule has 6 heteroatoms. The summed E-state index contributed by atoms with van der Waals surface area (Å²) in [6, 6.07) is 6.04. The van der Waals surface area contributed by atoms with Crippen molar-refractivity contribution >= 4 is 5.91 Å². The van der Waals surface area contributed by atoms with Crippen molar-refractivity contribution in [2.24, 2.45) is 11.8 Å². The standard InChI is InChI=1S/C17H23N3O3/c1-10(11-5-6-14-15(7-11)23-9-22-14)19-17(21)13-4-2-3-12-8-18-20-16(12)13/h5-7,10,12-13,16,18,20H,2-4,8-9H2,1H3,(H,19,21). The van der Waals surface area contributed by atoms with E-state index in [4.69, 9.17) is 9.47 Å². The summed E-state index contributed by atoms with van der Waals surface area (Å²) in [5, 5.41) is 3.17. The highest BCUT2D eigenvalue weighted by atomic mass is 16.7. The number of benzene rings is 1. The van der Waals surface area contributed by atoms with Gasteiger partial charge in [-0.15, -0.1) is 0 Å². The highest BCUT2D eigenvalue weighted by Gasteiger charge is 2.40. The van der Waals surface area contributed by atoms with Crippen LogP contribution in [0, 0.1) is 11.8 Å². The van der Waals surface area contributed by atoms with Gasteiger partial charge in [0.15, 0.2) is 11.5 Å². The summed E-state index contributed by atoms with van der Waals surface area (Å²) < 4.78 is 10.7. The molecule has 2 fully saturated rings. The van der Waals surface area contributed by atoms with E-state index in [0.717, 1.165) is 36.4 Å². The van der Waals surface area contributed by atoms with Crippen molar-refractivity contribution in [2.75, 3.05) is 13.3 Å². The Morgan fingerprint density at radius 2 is 2.17 bits per heavy atom. The summed E-state index contributed by atoms with van der Waals surface area (Å²) in [6.07, 6.45) is 3.28. The van der Waals surface area contributed by atoms with Gasteiger partial charge < -0.3 is 14.8 Å². The summed E-state index contributed by atoms with van der Waals surface area (Å²) in [5.74, 6) is 2.27. The molecule has 1 aliphatic carbocycles. The van der Waals surface area contributed by atoms with Crippen molar-refractivity contribution < 1.29 is 14.3 Å². The number of amides is 1. The van der Waals surface area contributed by atoms with Crippen LogP contribution in [-0.2, 0) is 4.79 Å². The zero-order chi connectivity index (χ0) is 15.8. The molecule has 4 atom stereocenters. The van der Waals surface area contributed by atoms with E-state index in [9.17, 15) is 4.79 Å². The van der Waals surface area contributed by atoms with Gasteiger partial charge in [-0.25, -0.2) is 0 Å². The molecular weight excluding hydrogens is 294 g/mol. The Labute approximate surface area is 135 Å². The van der Waals surface area contributed by atoms with Crippen molar-refractivity contribution in [3.63, 3.8) is 0 Å². The van der Waals surface area contributed by atoms with E-state index < -0.39 is 0 Å². The minimum atomic E-state index is -0.0493. The lowest BCUT2D eigenvalue weighted by molar-refractivity contribution is -0.127. The first kappa shape index (κ1) is 14.8. The summed E-state index contributed by atoms with van der Waals surface area (Å²) in [5.41, 5.74) is 7.53. The maximum atomic E-state index is 12.7. The quantitative estimate of drug-likeness (QED) is 0.788. The molecule has 1 saturated carbocycles. The van der Waals surface area contributed by atoms with Crippen molar-refractivity contribution in [2.45, 2.75) is 38.3 Å². The average molecular weight is 317 g/mol. The lowest BCUT2D eigenvalue weighted by atomic mass is 9.77. The predicted molar refractivity (Wildman–Crippen MR) is 84.9 cm³/mol. The molecule has 6 nitrogen and oxygen atoms in total. The molecule has 0 radical (unpaired) electrons. The van der Waals surface area contributed by atoms with Crippen LogP contribution in [0.25, 0.3) is 0 Å². The molecule has 3 aliphatic rings. The van der Waals surface area contributed by atoms with E-state index in [0.29, 0.717) is 5.92 Å². The first-order valence-electron chi connectivity index (χ1n) is 8.40. The third-order valence-electron chi connectivity index (χ3n) is 5.26. The summed E-state index contributed by atoms with van der Waals surface area (Å²) in [4.78, 5) is 12.7. The Bertz CT molecular complexity index is 607. The molecule has 2 aliphatic heterocycles. The van der Waals surface area contributed by atoms with Gasteiger partial charge in [0.2, 0.25) is 12.7 Å². The number of carbonyl (C=O) groups excluding carboxylic acids is 1. The molecule has 0 aromatic heterocycles. The van der Waals surface area contributed by atoms with Crippen LogP contribution in [0.1, 0.15) is 37.8 Å². The Kier molecular flexibility index (Phi) is 3.87. The summed E-state index contributed by atoms with van der Waals surface area (Å²) >= 11 is 0. The second kappa shape index (κ2) is 6.02. The first-order valence-corrected chi connectivity index (χ1v) is 8.40. The number of fused-ring (bicyclic) bond motifs is 2. The van der Waals surface area contributed by atoms with E-state index >= 15 is 0 Å². The molecule has 0 bridgehead atoms. The van der Waals surface area contributed by atoms with Crippen molar-refractivity contribution in [1.82, 2.24) is 16.2 Å². The summed E-state index contributed by atoms with van der Waals surface area (Å²) in [7, 11) is 0. The van der Waals surface area contributed by atoms with Gasteiger partial charge in [-0.2, -0.15) is 0 Å². The van der Waals surface area contributed by atoms with Gasteiger partial charge in [0.25, 0.3) is 0 Å². The van der Waals surface area contributed by atoms with Gasteiger partial charge in [-0.1, -0.05) is 12.5 Å². The Hall–Kier alpha value is -1.79. The lowest BCUT2D eigenvalue weighted by Crippen LogP contribution is -2.48. The first-order chi connectivity index (χ1) is 11.2. The second-order valence-corrected chi connectivity index (χ2v) is 6.69. The van der Waals surface area contributed by atoms with Crippen LogP contribution in [-0.4, -0.2) is 25.3 Å². The number of ether oxygens (including phenoxy) is 2. The number of nitrogens with one attached hydrogen (secondary N) is 3. The number of carbonyl (C=O) groups is 1. The molecule has 1 aromatic carbocycles. The molecular formula is C17H23N3O3. The molecule has 4 rings (SSSR count). The van der Waals surface area contributed by atoms with Crippen LogP contribution in [0.4, 0.5) is 0 Å². The predicted octanol–water partition coefficient (Wildman–Crippen LogP) is 1.49. The normalized spacial score (nSPS) is 29.9. The number of hydrogen-bond donors (Lipinski definition) is 3. The van der Waals surface area contributed by atoms with Gasteiger partial charge in [0, 0.05) is 12.6 Å². The lowest BCUT2D eigenvalue weighted by Gasteiger charge is -2.32. The van der Waals surface area contributed by atoms with E-state index in [1.807, 2.05) is 25.1 Å². The van der Waals surface area contributed by atoms with Gasteiger partial charge in [0.05, 0.1) is 12.0 Å². The highest BCUT2D eigenvalue weighted by molar-refractivity contribution is 5.80. The SMILES string of the molecule is CC(NC(=O)C1CCCC2CNNC21)c1ccc2c(c1)OCO2. The van der Waals surface area contributed by atoms with Gasteiger partial charge in [0.1, 0.15) is 0 Å². The minimum absolute atomic E-state index is 0.0419. The van der Waals surface area contributed by atoms with Crippen LogP contribution in [0.5, 0.6) is 11.5 Å². The minimum Gasteiger partial charge on any atom is -0.454 e. The molecule has 0 spiro atoms. The largest absolute Gasteiger partial charge is 0.454 e. The maximum Gasteiger partial charge on any atom is 0.231 e. The fourth-order valence-corrected chi connectivity index (χ4v) is 3.92. The Morgan fingerprint density at radius 1 is 1.30 bits per heavy atom. The molecule has 4 unspecified atom stereocenters. The molecule has 23 heavy (non-hydrogen) atoms. The third kappa shape index (κ3) is 2.77. The fourth-order valence-electron chi connectivity index (χ4n) is 3.92. The van der Waals surface area contributed by atoms with Crippen LogP contribution in [0.15, 0.2) is 18.2 Å². The van der Waals surface area contributed by atoms with E-state index in [1.165, 1.54) is 6.42 Å². The van der Waals surface area contributed by atoms with Gasteiger partial charge in [-0.05, 0) is 43.4 Å². The number of hydrazine groups is 1. The molecule has 2 heterocycles. The number of hydrogen-bond acceptors (Lipinski definition) is 5. The van der Waals surface area contributed by atoms with Crippen LogP contribution in [0.3, 0.4) is 0 Å². The maximum absolute atomic E-state index is 12.7. The van der Waals surface area contributed by atoms with E-state index in [2.05, 4.69) is 16.2 Å². The van der Waals surface area contributed by atoms with Crippen LogP contribution >= 0.6 is 0 Å². The van der Waals surface area contributed by atoms with Crippen molar-refractivity contribution in [1.29, 1.82) is 0 Å². The van der Waals surface area contributed by atoms with E-state index in [1.54, 1.807) is 0 Å².